The second-order valence-electron chi connectivity index (χ2n) is 13.5. The van der Waals surface area contributed by atoms with Crippen LogP contribution in [0.2, 0.25) is 0 Å². The van der Waals surface area contributed by atoms with Gasteiger partial charge >= 0.3 is 0 Å². The van der Waals surface area contributed by atoms with Crippen molar-refractivity contribution in [3.8, 4) is 33.6 Å². The third-order valence-electron chi connectivity index (χ3n) is 10.6. The quantitative estimate of drug-likeness (QED) is 0.196. The molecule has 0 radical (unpaired) electrons. The van der Waals surface area contributed by atoms with Gasteiger partial charge in [-0.1, -0.05) is 127 Å². The lowest BCUT2D eigenvalue weighted by Gasteiger charge is -2.12. The molecule has 51 heavy (non-hydrogen) atoms. The lowest BCUT2D eigenvalue weighted by molar-refractivity contribution is 1.18. The summed E-state index contributed by atoms with van der Waals surface area (Å²) in [6.07, 6.45) is 0. The van der Waals surface area contributed by atoms with Crippen LogP contribution in [-0.2, 0) is 0 Å². The summed E-state index contributed by atoms with van der Waals surface area (Å²) in [7, 11) is 0. The molecular formula is C48H31N3. The summed E-state index contributed by atoms with van der Waals surface area (Å²) in [5.41, 5.74) is 14.2. The van der Waals surface area contributed by atoms with Crippen LogP contribution in [0.25, 0.3) is 99.0 Å². The monoisotopic (exact) mass is 649 g/mol. The van der Waals surface area contributed by atoms with E-state index in [2.05, 4.69) is 196 Å². The number of para-hydroxylation sites is 5. The van der Waals surface area contributed by atoms with Crippen molar-refractivity contribution in [2.75, 3.05) is 0 Å². The third-order valence-corrected chi connectivity index (χ3v) is 10.6. The van der Waals surface area contributed by atoms with Crippen molar-refractivity contribution in [2.24, 2.45) is 0 Å². The van der Waals surface area contributed by atoms with Crippen LogP contribution < -0.4 is 0 Å². The second-order valence-corrected chi connectivity index (χ2v) is 13.5. The molecule has 0 atom stereocenters. The molecule has 0 aliphatic carbocycles. The van der Waals surface area contributed by atoms with Crippen LogP contribution >= 0.6 is 0 Å². The number of aromatic amines is 1. The zero-order valence-electron chi connectivity index (χ0n) is 27.7. The Labute approximate surface area is 294 Å². The number of benzene rings is 8. The lowest BCUT2D eigenvalue weighted by Crippen LogP contribution is -1.95. The Morgan fingerprint density at radius 1 is 0.314 bits per heavy atom. The van der Waals surface area contributed by atoms with Gasteiger partial charge in [0.25, 0.3) is 0 Å². The number of nitrogens with zero attached hydrogens (tertiary/aromatic N) is 2. The SMILES string of the molecule is c1ccc(-n2c3ccccc3c3ccc(-c4ccc5c6cccc(-c7ccc8c(c7)[nH]c7ccccc78)c6n(-c6ccccc6)c5c4)cc32)cc1. The first kappa shape index (κ1) is 28.0. The molecule has 11 rings (SSSR count). The van der Waals surface area contributed by atoms with Crippen molar-refractivity contribution in [1.29, 1.82) is 0 Å². The van der Waals surface area contributed by atoms with E-state index in [1.54, 1.807) is 0 Å². The molecule has 8 aromatic carbocycles. The maximum atomic E-state index is 3.66. The summed E-state index contributed by atoms with van der Waals surface area (Å²) in [6, 6.07) is 66.2. The number of rotatable bonds is 4. The molecule has 11 aromatic rings. The van der Waals surface area contributed by atoms with Gasteiger partial charge < -0.3 is 14.1 Å². The summed E-state index contributed by atoms with van der Waals surface area (Å²) in [5.74, 6) is 0. The van der Waals surface area contributed by atoms with Gasteiger partial charge in [0.05, 0.1) is 22.1 Å². The van der Waals surface area contributed by atoms with Crippen LogP contribution in [0.15, 0.2) is 182 Å². The summed E-state index contributed by atoms with van der Waals surface area (Å²) in [5, 5.41) is 7.51. The van der Waals surface area contributed by atoms with Crippen LogP contribution in [0.3, 0.4) is 0 Å². The van der Waals surface area contributed by atoms with E-state index in [1.165, 1.54) is 82.3 Å². The first-order chi connectivity index (χ1) is 25.3. The van der Waals surface area contributed by atoms with Crippen LogP contribution in [0.1, 0.15) is 0 Å². The van der Waals surface area contributed by atoms with E-state index in [-0.39, 0.29) is 0 Å². The Bertz CT molecular complexity index is 3120. The van der Waals surface area contributed by atoms with E-state index >= 15 is 0 Å². The standard InChI is InChI=1S/C48H31N3/c1-3-12-34(13-4-1)50-45-21-10-8-17-39(45)40-26-22-31(29-46(40)50)32-23-27-41-42-19-11-18-36(48(42)51(47(41)30-32)35-14-5-2-6-15-35)33-24-25-38-37-16-7-9-20-43(37)49-44(38)28-33/h1-30,49H. The zero-order valence-corrected chi connectivity index (χ0v) is 27.7. The highest BCUT2D eigenvalue weighted by atomic mass is 15.0. The van der Waals surface area contributed by atoms with E-state index in [9.17, 15) is 0 Å². The normalized spacial score (nSPS) is 11.9. The number of nitrogens with one attached hydrogen (secondary N) is 1. The summed E-state index contributed by atoms with van der Waals surface area (Å²) >= 11 is 0. The van der Waals surface area contributed by atoms with Gasteiger partial charge in [-0.15, -0.1) is 0 Å². The Morgan fingerprint density at radius 3 is 1.61 bits per heavy atom. The van der Waals surface area contributed by atoms with Crippen molar-refractivity contribution in [2.45, 2.75) is 0 Å². The summed E-state index contributed by atoms with van der Waals surface area (Å²) in [4.78, 5) is 3.66. The van der Waals surface area contributed by atoms with Gasteiger partial charge in [0.1, 0.15) is 0 Å². The topological polar surface area (TPSA) is 25.6 Å². The highest BCUT2D eigenvalue weighted by molar-refractivity contribution is 6.16. The molecule has 0 fully saturated rings. The molecule has 0 spiro atoms. The molecular weight excluding hydrogens is 619 g/mol. The van der Waals surface area contributed by atoms with Crippen LogP contribution in [0, 0.1) is 0 Å². The van der Waals surface area contributed by atoms with E-state index in [0.717, 1.165) is 16.7 Å². The molecule has 3 heterocycles. The molecule has 0 saturated carbocycles. The fourth-order valence-electron chi connectivity index (χ4n) is 8.35. The van der Waals surface area contributed by atoms with E-state index in [1.807, 2.05) is 0 Å². The van der Waals surface area contributed by atoms with Crippen molar-refractivity contribution in [1.82, 2.24) is 14.1 Å². The number of fused-ring (bicyclic) bond motifs is 9. The lowest BCUT2D eigenvalue weighted by atomic mass is 9.99. The van der Waals surface area contributed by atoms with Crippen molar-refractivity contribution >= 4 is 65.4 Å². The van der Waals surface area contributed by atoms with Gasteiger partial charge in [0, 0.05) is 60.3 Å². The molecule has 1 N–H and O–H groups in total. The average molecular weight is 650 g/mol. The maximum Gasteiger partial charge on any atom is 0.0619 e. The highest BCUT2D eigenvalue weighted by Gasteiger charge is 2.19. The Kier molecular flexibility index (Phi) is 5.96. The van der Waals surface area contributed by atoms with Gasteiger partial charge in [-0.3, -0.25) is 0 Å². The third kappa shape index (κ3) is 4.19. The molecule has 3 aromatic heterocycles. The van der Waals surface area contributed by atoms with Crippen LogP contribution in [0.5, 0.6) is 0 Å². The summed E-state index contributed by atoms with van der Waals surface area (Å²) in [6.45, 7) is 0. The smallest absolute Gasteiger partial charge is 0.0619 e. The molecule has 3 nitrogen and oxygen atoms in total. The minimum absolute atomic E-state index is 1.15. The predicted molar refractivity (Wildman–Crippen MR) is 215 cm³/mol. The fourth-order valence-corrected chi connectivity index (χ4v) is 8.35. The number of hydrogen-bond acceptors (Lipinski definition) is 0. The van der Waals surface area contributed by atoms with Crippen molar-refractivity contribution in [3.63, 3.8) is 0 Å². The van der Waals surface area contributed by atoms with E-state index < -0.39 is 0 Å². The van der Waals surface area contributed by atoms with Gasteiger partial charge in [-0.05, 0) is 71.3 Å². The highest BCUT2D eigenvalue weighted by Crippen LogP contribution is 2.41. The van der Waals surface area contributed by atoms with E-state index in [4.69, 9.17) is 0 Å². The van der Waals surface area contributed by atoms with Gasteiger partial charge in [-0.2, -0.15) is 0 Å². The largest absolute Gasteiger partial charge is 0.354 e. The fraction of sp³-hybridized carbons (Fsp3) is 0. The number of aromatic nitrogens is 3. The van der Waals surface area contributed by atoms with Gasteiger partial charge in [-0.25, -0.2) is 0 Å². The summed E-state index contributed by atoms with van der Waals surface area (Å²) < 4.78 is 4.85. The molecule has 0 amide bonds. The van der Waals surface area contributed by atoms with Crippen molar-refractivity contribution in [3.05, 3.63) is 182 Å². The molecule has 0 unspecified atom stereocenters. The van der Waals surface area contributed by atoms with Crippen LogP contribution in [-0.4, -0.2) is 14.1 Å². The maximum absolute atomic E-state index is 3.66. The molecule has 238 valence electrons. The molecule has 0 saturated heterocycles. The second kappa shape index (κ2) is 10.8. The van der Waals surface area contributed by atoms with Crippen molar-refractivity contribution < 1.29 is 0 Å². The predicted octanol–water partition coefficient (Wildman–Crippen LogP) is 12.8. The van der Waals surface area contributed by atoms with Gasteiger partial charge in [0.15, 0.2) is 0 Å². The molecule has 0 aliphatic rings. The number of H-pyrrole nitrogens is 1. The van der Waals surface area contributed by atoms with E-state index in [0.29, 0.717) is 0 Å². The molecule has 0 aliphatic heterocycles. The Balaban J connectivity index is 1.16. The Morgan fingerprint density at radius 2 is 0.843 bits per heavy atom. The first-order valence-corrected chi connectivity index (χ1v) is 17.5. The van der Waals surface area contributed by atoms with Crippen LogP contribution in [0.4, 0.5) is 0 Å². The minimum Gasteiger partial charge on any atom is -0.354 e. The zero-order chi connectivity index (χ0) is 33.5. The molecule has 0 bridgehead atoms. The van der Waals surface area contributed by atoms with Gasteiger partial charge in [0.2, 0.25) is 0 Å². The Hall–Kier alpha value is -6.84. The average Bonchev–Trinajstić information content (AvgIpc) is 3.85. The minimum atomic E-state index is 1.15. The first-order valence-electron chi connectivity index (χ1n) is 17.5. The number of hydrogen-bond donors (Lipinski definition) is 1. The molecule has 3 heteroatoms.